The summed E-state index contributed by atoms with van der Waals surface area (Å²) in [5, 5.41) is 3.34. The van der Waals surface area contributed by atoms with Gasteiger partial charge in [-0.25, -0.2) is 4.98 Å². The van der Waals surface area contributed by atoms with Crippen molar-refractivity contribution < 1.29 is 4.79 Å². The molecule has 1 heterocycles. The third-order valence-corrected chi connectivity index (χ3v) is 4.51. The third-order valence-electron chi connectivity index (χ3n) is 3.63. The number of nitrogens with zero attached hydrogens (tertiary/aromatic N) is 1. The van der Waals surface area contributed by atoms with E-state index in [0.29, 0.717) is 6.42 Å². The summed E-state index contributed by atoms with van der Waals surface area (Å²) >= 11 is 3.67. The van der Waals surface area contributed by atoms with Crippen LogP contribution in [0.3, 0.4) is 0 Å². The summed E-state index contributed by atoms with van der Waals surface area (Å²) in [4.78, 5) is 16.3. The Morgan fingerprint density at radius 1 is 1.32 bits per heavy atom. The van der Waals surface area contributed by atoms with Gasteiger partial charge in [0.25, 0.3) is 0 Å². The van der Waals surface area contributed by atoms with E-state index in [2.05, 4.69) is 60.8 Å². The summed E-state index contributed by atoms with van der Waals surface area (Å²) in [7, 11) is 0. The number of pyridine rings is 1. The van der Waals surface area contributed by atoms with Crippen LogP contribution in [0, 0.1) is 10.8 Å². The summed E-state index contributed by atoms with van der Waals surface area (Å²) < 4.78 is 0.988. The van der Waals surface area contributed by atoms with Gasteiger partial charge in [0.05, 0.1) is 4.47 Å². The lowest BCUT2D eigenvalue weighted by molar-refractivity contribution is -0.117. The molecule has 1 aliphatic rings. The van der Waals surface area contributed by atoms with Crippen LogP contribution in [0.25, 0.3) is 0 Å². The zero-order valence-corrected chi connectivity index (χ0v) is 15.7. The van der Waals surface area contributed by atoms with E-state index in [4.69, 9.17) is 0 Å². The number of nitrogens with one attached hydrogen (secondary N) is 1. The summed E-state index contributed by atoms with van der Waals surface area (Å²) in [5.41, 5.74) is 2.39. The molecule has 0 spiro atoms. The predicted octanol–water partition coefficient (Wildman–Crippen LogP) is 5.12. The number of rotatable bonds is 3. The van der Waals surface area contributed by atoms with Crippen LogP contribution in [-0.4, -0.2) is 10.8 Å². The third kappa shape index (κ3) is 4.67. The molecule has 22 heavy (non-hydrogen) atoms. The van der Waals surface area contributed by atoms with Crippen LogP contribution in [0.4, 0.5) is 5.82 Å². The van der Waals surface area contributed by atoms with Crippen LogP contribution in [0.1, 0.15) is 53.0 Å². The minimum Gasteiger partial charge on any atom is -0.343 e. The minimum absolute atomic E-state index is 0.00363. The summed E-state index contributed by atoms with van der Waals surface area (Å²) in [6, 6.07) is 2.05. The Labute approximate surface area is 141 Å². The van der Waals surface area contributed by atoms with Gasteiger partial charge in [0.2, 0.25) is 0 Å². The normalized spacial score (nSPS) is 18.1. The molecule has 3 nitrogen and oxygen atoms in total. The fraction of sp³-hybridized carbons (Fsp3) is 0.556. The quantitative estimate of drug-likeness (QED) is 0.809. The Bertz CT molecular complexity index is 612. The highest BCUT2D eigenvalue weighted by atomic mass is 79.9. The second kappa shape index (κ2) is 6.15. The molecule has 0 aliphatic heterocycles. The van der Waals surface area contributed by atoms with Gasteiger partial charge in [-0.05, 0) is 51.2 Å². The van der Waals surface area contributed by atoms with Crippen molar-refractivity contribution >= 4 is 27.5 Å². The lowest BCUT2D eigenvalue weighted by Crippen LogP contribution is -2.24. The smallest absolute Gasteiger partial charge is 0.157 e. The first-order valence-corrected chi connectivity index (χ1v) is 8.49. The molecule has 0 bridgehead atoms. The molecule has 2 rings (SSSR count). The zero-order valence-electron chi connectivity index (χ0n) is 14.1. The number of carbonyl (C=O) groups excluding carboxylic acids is 1. The van der Waals surface area contributed by atoms with Gasteiger partial charge in [-0.2, -0.15) is 0 Å². The highest BCUT2D eigenvalue weighted by molar-refractivity contribution is 9.10. The van der Waals surface area contributed by atoms with Gasteiger partial charge in [0, 0.05) is 24.4 Å². The van der Waals surface area contributed by atoms with Crippen LogP contribution in [0.5, 0.6) is 0 Å². The van der Waals surface area contributed by atoms with E-state index in [1.54, 1.807) is 6.08 Å². The maximum Gasteiger partial charge on any atom is 0.157 e. The highest BCUT2D eigenvalue weighted by Crippen LogP contribution is 2.36. The first-order chi connectivity index (χ1) is 10.1. The monoisotopic (exact) mass is 364 g/mol. The van der Waals surface area contributed by atoms with Gasteiger partial charge in [-0.3, -0.25) is 4.79 Å². The van der Waals surface area contributed by atoms with Crippen LogP contribution in [0.2, 0.25) is 0 Å². The number of aromatic nitrogens is 1. The molecule has 0 amide bonds. The molecule has 4 heteroatoms. The molecule has 0 atom stereocenters. The first kappa shape index (κ1) is 17.2. The Morgan fingerprint density at radius 3 is 2.59 bits per heavy atom. The molecule has 120 valence electrons. The maximum atomic E-state index is 11.9. The van der Waals surface area contributed by atoms with Crippen molar-refractivity contribution in [2.75, 3.05) is 5.32 Å². The molecule has 1 aliphatic carbocycles. The average Bonchev–Trinajstić information content (AvgIpc) is 2.30. The number of hydrogen-bond acceptors (Lipinski definition) is 3. The standard InChI is InChI=1S/C18H25BrN2O/c1-17(2,3)9-12-6-7-20-16(15(12)19)21-13-8-14(22)11-18(4,5)10-13/h6-8H,9-11H2,1-5H3,(H,20,21). The van der Waals surface area contributed by atoms with Crippen molar-refractivity contribution in [2.45, 2.75) is 53.9 Å². The zero-order chi connectivity index (χ0) is 16.5. The summed E-state index contributed by atoms with van der Waals surface area (Å²) in [6.45, 7) is 10.9. The largest absolute Gasteiger partial charge is 0.343 e. The number of carbonyl (C=O) groups is 1. The van der Waals surface area contributed by atoms with Crippen molar-refractivity contribution in [3.8, 4) is 0 Å². The number of halogens is 1. The lowest BCUT2D eigenvalue weighted by Gasteiger charge is -2.29. The van der Waals surface area contributed by atoms with Gasteiger partial charge >= 0.3 is 0 Å². The van der Waals surface area contributed by atoms with Crippen molar-refractivity contribution in [2.24, 2.45) is 10.8 Å². The molecule has 1 N–H and O–H groups in total. The molecule has 0 radical (unpaired) electrons. The molecular formula is C18H25BrN2O. The van der Waals surface area contributed by atoms with Crippen LogP contribution < -0.4 is 5.32 Å². The van der Waals surface area contributed by atoms with Crippen molar-refractivity contribution in [1.82, 2.24) is 4.98 Å². The summed E-state index contributed by atoms with van der Waals surface area (Å²) in [6.07, 6.45) is 5.97. The Morgan fingerprint density at radius 2 is 2.00 bits per heavy atom. The van der Waals surface area contributed by atoms with Gasteiger partial charge in [-0.15, -0.1) is 0 Å². The Kier molecular flexibility index (Phi) is 4.81. The van der Waals surface area contributed by atoms with Gasteiger partial charge in [0.15, 0.2) is 5.78 Å². The van der Waals surface area contributed by atoms with E-state index in [0.717, 1.165) is 28.8 Å². The van der Waals surface area contributed by atoms with E-state index in [9.17, 15) is 4.79 Å². The van der Waals surface area contributed by atoms with E-state index in [1.165, 1.54) is 5.56 Å². The molecule has 0 unspecified atom stereocenters. The minimum atomic E-state index is 0.00363. The lowest BCUT2D eigenvalue weighted by atomic mass is 9.79. The fourth-order valence-corrected chi connectivity index (χ4v) is 3.33. The maximum absolute atomic E-state index is 11.9. The molecule has 0 saturated carbocycles. The van der Waals surface area contributed by atoms with Gasteiger partial charge < -0.3 is 5.32 Å². The van der Waals surface area contributed by atoms with E-state index < -0.39 is 0 Å². The molecular weight excluding hydrogens is 340 g/mol. The number of ketones is 1. The van der Waals surface area contributed by atoms with E-state index >= 15 is 0 Å². The fourth-order valence-electron chi connectivity index (χ4n) is 2.86. The highest BCUT2D eigenvalue weighted by Gasteiger charge is 2.28. The Hall–Kier alpha value is -1.16. The topological polar surface area (TPSA) is 42.0 Å². The molecule has 0 aromatic carbocycles. The summed E-state index contributed by atoms with van der Waals surface area (Å²) in [5.74, 6) is 0.971. The second-order valence-electron chi connectivity index (χ2n) is 8.15. The Balaban J connectivity index is 2.24. The number of anilines is 1. The van der Waals surface area contributed by atoms with Crippen molar-refractivity contribution in [1.29, 1.82) is 0 Å². The average molecular weight is 365 g/mol. The van der Waals surface area contributed by atoms with Crippen LogP contribution in [0.15, 0.2) is 28.5 Å². The molecule has 1 aromatic heterocycles. The molecule has 1 aromatic rings. The molecule has 0 saturated heterocycles. The van der Waals surface area contributed by atoms with E-state index in [-0.39, 0.29) is 16.6 Å². The predicted molar refractivity (Wildman–Crippen MR) is 94.8 cm³/mol. The van der Waals surface area contributed by atoms with Crippen molar-refractivity contribution in [3.05, 3.63) is 34.1 Å². The van der Waals surface area contributed by atoms with Crippen molar-refractivity contribution in [3.63, 3.8) is 0 Å². The van der Waals surface area contributed by atoms with E-state index in [1.807, 2.05) is 12.3 Å². The van der Waals surface area contributed by atoms with Gasteiger partial charge in [0.1, 0.15) is 5.82 Å². The van der Waals surface area contributed by atoms with Crippen LogP contribution >= 0.6 is 15.9 Å². The number of hydrogen-bond donors (Lipinski definition) is 1. The first-order valence-electron chi connectivity index (χ1n) is 7.70. The number of allylic oxidation sites excluding steroid dienone is 2. The van der Waals surface area contributed by atoms with Crippen LogP contribution in [-0.2, 0) is 11.2 Å². The SMILES string of the molecule is CC(C)(C)Cc1ccnc(NC2=CC(=O)CC(C)(C)C2)c1Br. The molecule has 0 fully saturated rings. The second-order valence-corrected chi connectivity index (χ2v) is 8.94. The van der Waals surface area contributed by atoms with Gasteiger partial charge in [-0.1, -0.05) is 34.6 Å².